The summed E-state index contributed by atoms with van der Waals surface area (Å²) in [5.41, 5.74) is 5.23. The van der Waals surface area contributed by atoms with Crippen LogP contribution in [0.2, 0.25) is 0 Å². The van der Waals surface area contributed by atoms with Crippen LogP contribution in [0.3, 0.4) is 0 Å². The van der Waals surface area contributed by atoms with Gasteiger partial charge in [-0.15, -0.1) is 0 Å². The van der Waals surface area contributed by atoms with Crippen molar-refractivity contribution in [3.63, 3.8) is 0 Å². The fraction of sp³-hybridized carbons (Fsp3) is 0.500. The predicted molar refractivity (Wildman–Crippen MR) is 61.8 cm³/mol. The van der Waals surface area contributed by atoms with E-state index in [1.165, 1.54) is 6.07 Å². The Morgan fingerprint density at radius 3 is 2.67 bits per heavy atom. The lowest BCUT2D eigenvalue weighted by Crippen LogP contribution is -2.18. The van der Waals surface area contributed by atoms with Crippen molar-refractivity contribution < 1.29 is 18.3 Å². The summed E-state index contributed by atoms with van der Waals surface area (Å²) >= 11 is 0. The van der Waals surface area contributed by atoms with E-state index >= 15 is 0 Å². The third-order valence-electron chi connectivity index (χ3n) is 3.28. The molecule has 1 saturated heterocycles. The summed E-state index contributed by atoms with van der Waals surface area (Å²) in [5, 5.41) is 13.2. The number of aliphatic hydroxyl groups excluding tert-OH is 1. The number of aliphatic hydroxyl groups is 1. The second-order valence-electron chi connectivity index (χ2n) is 4.54. The number of benzene rings is 1. The minimum Gasteiger partial charge on any atom is -0.398 e. The van der Waals surface area contributed by atoms with Crippen molar-refractivity contribution in [3.8, 4) is 0 Å². The smallest absolute Gasteiger partial charge is 0.398 e. The van der Waals surface area contributed by atoms with E-state index in [1.54, 1.807) is 0 Å². The van der Waals surface area contributed by atoms with Crippen LogP contribution in [0.1, 0.15) is 23.7 Å². The largest absolute Gasteiger partial charge is 0.416 e. The molecule has 0 aromatic heterocycles. The highest BCUT2D eigenvalue weighted by Crippen LogP contribution is 2.36. The third kappa shape index (κ3) is 2.59. The molecule has 1 aliphatic rings. The van der Waals surface area contributed by atoms with E-state index in [9.17, 15) is 18.3 Å². The van der Waals surface area contributed by atoms with Crippen molar-refractivity contribution in [3.05, 3.63) is 29.3 Å². The van der Waals surface area contributed by atoms with E-state index in [0.29, 0.717) is 6.54 Å². The van der Waals surface area contributed by atoms with Crippen molar-refractivity contribution >= 4 is 5.69 Å². The van der Waals surface area contributed by atoms with E-state index in [2.05, 4.69) is 5.32 Å². The zero-order valence-corrected chi connectivity index (χ0v) is 9.67. The number of nitrogens with two attached hydrogens (primary N) is 1. The highest BCUT2D eigenvalue weighted by molar-refractivity contribution is 5.50. The Morgan fingerprint density at radius 1 is 1.39 bits per heavy atom. The number of anilines is 1. The van der Waals surface area contributed by atoms with E-state index in [0.717, 1.165) is 25.1 Å². The zero-order valence-electron chi connectivity index (χ0n) is 9.67. The first-order valence-electron chi connectivity index (χ1n) is 5.75. The summed E-state index contributed by atoms with van der Waals surface area (Å²) in [6.07, 6.45) is -4.64. The first-order chi connectivity index (χ1) is 8.39. The molecule has 6 heteroatoms. The number of hydrogen-bond acceptors (Lipinski definition) is 3. The van der Waals surface area contributed by atoms with Gasteiger partial charge in [0.25, 0.3) is 0 Å². The fourth-order valence-electron chi connectivity index (χ4n) is 2.21. The predicted octanol–water partition coefficient (Wildman–Crippen LogP) is 1.93. The van der Waals surface area contributed by atoms with Crippen molar-refractivity contribution in [1.82, 2.24) is 5.32 Å². The molecule has 0 saturated carbocycles. The molecular weight excluding hydrogens is 245 g/mol. The summed E-state index contributed by atoms with van der Waals surface area (Å²) in [4.78, 5) is 0. The Morgan fingerprint density at radius 2 is 2.11 bits per heavy atom. The molecule has 1 heterocycles. The van der Waals surface area contributed by atoms with Gasteiger partial charge in [-0.1, -0.05) is 0 Å². The van der Waals surface area contributed by atoms with Crippen LogP contribution < -0.4 is 11.1 Å². The molecule has 1 aromatic carbocycles. The molecule has 0 spiro atoms. The number of hydrogen-bond donors (Lipinski definition) is 3. The second-order valence-corrected chi connectivity index (χ2v) is 4.54. The molecule has 100 valence electrons. The van der Waals surface area contributed by atoms with Crippen molar-refractivity contribution in [2.45, 2.75) is 18.7 Å². The van der Waals surface area contributed by atoms with Crippen molar-refractivity contribution in [2.75, 3.05) is 18.8 Å². The second kappa shape index (κ2) is 4.78. The van der Waals surface area contributed by atoms with Gasteiger partial charge < -0.3 is 16.2 Å². The molecule has 3 nitrogen and oxygen atoms in total. The summed E-state index contributed by atoms with van der Waals surface area (Å²) < 4.78 is 37.8. The highest BCUT2D eigenvalue weighted by atomic mass is 19.4. The van der Waals surface area contributed by atoms with Gasteiger partial charge in [0.2, 0.25) is 0 Å². The van der Waals surface area contributed by atoms with E-state index in [1.807, 2.05) is 0 Å². The molecule has 1 aromatic rings. The maximum absolute atomic E-state index is 12.6. The van der Waals surface area contributed by atoms with Crippen LogP contribution in [-0.2, 0) is 6.18 Å². The van der Waals surface area contributed by atoms with Gasteiger partial charge in [-0.2, -0.15) is 13.2 Å². The van der Waals surface area contributed by atoms with Gasteiger partial charge in [-0.25, -0.2) is 0 Å². The van der Waals surface area contributed by atoms with Crippen LogP contribution >= 0.6 is 0 Å². The normalized spacial score (nSPS) is 22.1. The maximum Gasteiger partial charge on any atom is 0.416 e. The molecule has 2 rings (SSSR count). The minimum atomic E-state index is -4.42. The molecule has 0 bridgehead atoms. The Hall–Kier alpha value is -1.27. The van der Waals surface area contributed by atoms with Crippen LogP contribution in [0.4, 0.5) is 18.9 Å². The number of nitrogens with one attached hydrogen (secondary N) is 1. The lowest BCUT2D eigenvalue weighted by Gasteiger charge is -2.20. The van der Waals surface area contributed by atoms with Gasteiger partial charge in [0.15, 0.2) is 0 Å². The topological polar surface area (TPSA) is 58.3 Å². The molecule has 0 radical (unpaired) electrons. The summed E-state index contributed by atoms with van der Waals surface area (Å²) in [6.45, 7) is 1.36. The summed E-state index contributed by atoms with van der Waals surface area (Å²) in [7, 11) is 0. The Kier molecular flexibility index (Phi) is 3.49. The maximum atomic E-state index is 12.6. The molecular formula is C12H15F3N2O. The van der Waals surface area contributed by atoms with E-state index in [4.69, 9.17) is 5.73 Å². The zero-order chi connectivity index (χ0) is 13.3. The summed E-state index contributed by atoms with van der Waals surface area (Å²) in [6, 6.07) is 3.07. The number of halogens is 3. The van der Waals surface area contributed by atoms with Crippen molar-refractivity contribution in [2.24, 2.45) is 5.92 Å². The van der Waals surface area contributed by atoms with Crippen LogP contribution in [-0.4, -0.2) is 18.2 Å². The molecule has 4 N–H and O–H groups in total. The average Bonchev–Trinajstić information content (AvgIpc) is 2.80. The molecule has 0 aliphatic carbocycles. The van der Waals surface area contributed by atoms with E-state index < -0.39 is 17.8 Å². The first-order valence-corrected chi connectivity index (χ1v) is 5.75. The van der Waals surface area contributed by atoms with Gasteiger partial charge in [-0.05, 0) is 31.2 Å². The molecule has 1 aliphatic heterocycles. The monoisotopic (exact) mass is 260 g/mol. The molecule has 18 heavy (non-hydrogen) atoms. The standard InChI is InChI=1S/C12H15F3N2O/c13-12(14,15)8-1-2-10(16)9(5-8)11(18)7-3-4-17-6-7/h1-2,5,7,11,17-18H,3-4,6,16H2. The summed E-state index contributed by atoms with van der Waals surface area (Å²) in [5.74, 6) is -0.0872. The van der Waals surface area contributed by atoms with Crippen LogP contribution in [0.25, 0.3) is 0 Å². The first kappa shape index (κ1) is 13.2. The molecule has 2 unspecified atom stereocenters. The third-order valence-corrected chi connectivity index (χ3v) is 3.28. The Bertz CT molecular complexity index is 428. The van der Waals surface area contributed by atoms with Gasteiger partial charge in [-0.3, -0.25) is 0 Å². The van der Waals surface area contributed by atoms with E-state index in [-0.39, 0.29) is 17.2 Å². The Labute approximate surface area is 103 Å². The lowest BCUT2D eigenvalue weighted by molar-refractivity contribution is -0.137. The molecule has 0 amide bonds. The molecule has 2 atom stereocenters. The van der Waals surface area contributed by atoms with Crippen LogP contribution in [0.5, 0.6) is 0 Å². The highest BCUT2D eigenvalue weighted by Gasteiger charge is 2.33. The Balaban J connectivity index is 2.31. The quantitative estimate of drug-likeness (QED) is 0.712. The van der Waals surface area contributed by atoms with Gasteiger partial charge in [0.05, 0.1) is 11.7 Å². The van der Waals surface area contributed by atoms with Crippen LogP contribution in [0, 0.1) is 5.92 Å². The van der Waals surface area contributed by atoms with Gasteiger partial charge in [0, 0.05) is 23.7 Å². The molecule has 1 fully saturated rings. The number of rotatable bonds is 2. The van der Waals surface area contributed by atoms with Gasteiger partial charge >= 0.3 is 6.18 Å². The number of alkyl halides is 3. The van der Waals surface area contributed by atoms with Gasteiger partial charge in [0.1, 0.15) is 0 Å². The fourth-order valence-corrected chi connectivity index (χ4v) is 2.21. The van der Waals surface area contributed by atoms with Crippen molar-refractivity contribution in [1.29, 1.82) is 0 Å². The SMILES string of the molecule is Nc1ccc(C(F)(F)F)cc1C(O)C1CCNC1. The average molecular weight is 260 g/mol. The lowest BCUT2D eigenvalue weighted by atomic mass is 9.92. The number of nitrogen functional groups attached to an aromatic ring is 1. The van der Waals surface area contributed by atoms with Crippen LogP contribution in [0.15, 0.2) is 18.2 Å². The minimum absolute atomic E-state index is 0.0872.